The number of rotatable bonds is 17. The molecule has 28 nitrogen and oxygen atoms in total. The van der Waals surface area contributed by atoms with Gasteiger partial charge in [-0.25, -0.2) is 17.6 Å². The van der Waals surface area contributed by atoms with E-state index < -0.39 is 0 Å². The van der Waals surface area contributed by atoms with Crippen molar-refractivity contribution in [2.24, 2.45) is 68.3 Å². The van der Waals surface area contributed by atoms with E-state index in [1.165, 1.54) is 30.7 Å². The molecule has 1 spiro atoms. The lowest BCUT2D eigenvalue weighted by molar-refractivity contribution is 0.0558. The minimum absolute atomic E-state index is 0.0409. The number of nitrogens with two attached hydrogens (primary N) is 4. The molecule has 4 aromatic carbocycles. The molecule has 12 N–H and O–H groups in total. The van der Waals surface area contributed by atoms with E-state index in [0.717, 1.165) is 243 Å². The van der Waals surface area contributed by atoms with Gasteiger partial charge in [0.2, 0.25) is 0 Å². The highest BCUT2D eigenvalue weighted by Gasteiger charge is 2.60. The summed E-state index contributed by atoms with van der Waals surface area (Å²) >= 11 is 0. The molecule has 4 aliphatic heterocycles. The van der Waals surface area contributed by atoms with Crippen molar-refractivity contribution in [3.05, 3.63) is 213 Å². The fourth-order valence-corrected chi connectivity index (χ4v) is 22.9. The van der Waals surface area contributed by atoms with Crippen LogP contribution in [-0.2, 0) is 25.7 Å². The number of halogens is 4. The lowest BCUT2D eigenvalue weighted by Gasteiger charge is -2.60. The summed E-state index contributed by atoms with van der Waals surface area (Å²) in [5, 5.41) is 12.5. The second-order valence-electron chi connectivity index (χ2n) is 39.2. The Balaban J connectivity index is 0.000000107. The average molecular weight is 1800 g/mol. The Morgan fingerprint density at radius 3 is 1.08 bits per heavy atom. The first-order valence-electron chi connectivity index (χ1n) is 46.1. The summed E-state index contributed by atoms with van der Waals surface area (Å²) < 4.78 is 82.2. The number of ether oxygens (including phenoxy) is 4. The molecule has 9 atom stereocenters. The van der Waals surface area contributed by atoms with E-state index in [2.05, 4.69) is 81.6 Å². The van der Waals surface area contributed by atoms with E-state index in [1.54, 1.807) is 56.1 Å². The summed E-state index contributed by atoms with van der Waals surface area (Å²) in [6.07, 6.45) is 15.7. The van der Waals surface area contributed by atoms with Gasteiger partial charge in [-0.15, -0.1) is 0 Å². The van der Waals surface area contributed by atoms with Crippen molar-refractivity contribution >= 4 is 46.0 Å². The fourth-order valence-electron chi connectivity index (χ4n) is 22.9. The lowest BCUT2D eigenvalue weighted by atomic mass is 9.60. The molecular formula is C101H110F4N24O4. The number of piperidine rings is 1. The molecule has 0 amide bonds. The van der Waals surface area contributed by atoms with Crippen molar-refractivity contribution in [1.82, 2.24) is 59.8 Å². The van der Waals surface area contributed by atoms with Crippen molar-refractivity contribution in [3.63, 3.8) is 0 Å². The molecule has 32 heteroatoms. The van der Waals surface area contributed by atoms with Gasteiger partial charge < -0.3 is 82.7 Å². The average Bonchev–Trinajstić information content (AvgIpc) is 1.54. The van der Waals surface area contributed by atoms with Crippen molar-refractivity contribution in [2.75, 3.05) is 128 Å². The normalized spacial score (nSPS) is 22.7. The molecule has 24 rings (SSSR count). The van der Waals surface area contributed by atoms with Gasteiger partial charge in [-0.3, -0.25) is 19.9 Å². The van der Waals surface area contributed by atoms with Crippen molar-refractivity contribution in [1.29, 1.82) is 0 Å². The van der Waals surface area contributed by atoms with Gasteiger partial charge in [0.1, 0.15) is 69.5 Å². The number of hydrogen-bond donors (Lipinski definition) is 8. The van der Waals surface area contributed by atoms with E-state index in [-0.39, 0.29) is 87.1 Å². The third-order valence-corrected chi connectivity index (χ3v) is 30.5. The number of pyridine rings is 4. The van der Waals surface area contributed by atoms with Crippen LogP contribution in [0.25, 0.3) is 44.5 Å². The number of aromatic nitrogens is 12. The number of anilines is 8. The zero-order valence-corrected chi connectivity index (χ0v) is 76.6. The van der Waals surface area contributed by atoms with Gasteiger partial charge in [-0.1, -0.05) is 20.8 Å². The third-order valence-electron chi connectivity index (χ3n) is 30.5. The Labute approximate surface area is 769 Å². The summed E-state index contributed by atoms with van der Waals surface area (Å²) in [5.74, 6) is 6.41. The molecule has 0 radical (unpaired) electrons. The Bertz CT molecular complexity index is 6610. The number of aryl methyl sites for hydroxylation is 4. The molecule has 4 saturated carbocycles. The van der Waals surface area contributed by atoms with Crippen LogP contribution in [0.5, 0.6) is 47.0 Å². The molecule has 8 aliphatic carbocycles. The Morgan fingerprint density at radius 1 is 0.398 bits per heavy atom. The van der Waals surface area contributed by atoms with Crippen LogP contribution >= 0.6 is 0 Å². The number of fused-ring (bicyclic) bond motifs is 15. The predicted molar refractivity (Wildman–Crippen MR) is 506 cm³/mol. The number of nitrogens with zero attached hydrogens (tertiary/aromatic N) is 16. The van der Waals surface area contributed by atoms with Gasteiger partial charge in [0.05, 0.1) is 47.6 Å². The first-order chi connectivity index (χ1) is 64.0. The number of hydrogen-bond acceptors (Lipinski definition) is 28. The zero-order chi connectivity index (χ0) is 92.2. The smallest absolute Gasteiger partial charge is 0.324 e. The molecule has 4 saturated heterocycles. The van der Waals surface area contributed by atoms with E-state index in [0.29, 0.717) is 78.9 Å². The van der Waals surface area contributed by atoms with E-state index in [4.69, 9.17) is 81.8 Å². The lowest BCUT2D eigenvalue weighted by Crippen LogP contribution is -2.69. The van der Waals surface area contributed by atoms with Crippen LogP contribution < -0.4 is 82.7 Å². The highest BCUT2D eigenvalue weighted by molar-refractivity contribution is 5.92. The standard InChI is InChI=1S/C27H31FN6O.C26H29FN6O.2C24H25FN6O/c1-14-5-6-16(11-31-14)35-26-32-23-9-17-18(7-15(28)8-22(17)30-4)24(23)25(33-26)34-12-19-20(13-34)27(2,3)10-21(19)29;1-14-4-6-17(11-30-14)34-25-31-21-10-18-19(8-16(27)9-20(18)29-3)23(21)24(32-25)33-12-15-5-7-22(28)26(15,2)13-33;1-13-3-4-16(9-28-13)32-23-29-20-7-17-18(5-15(25)6-19(17)27-2)21(20)22(30-23)31-10-14-8-24(14,11-26)12-31;1-13-3-4-15(10-28-13)32-23-29-19-9-16-17(7-14(25)8-18(16)27-2)21(19)22(30-23)31-11-24(12-31)6-5-20(24)26/h5-8,11,19-21,30H,9-10,12-13,29H2,1-4H3;4,6,8-9,11,15,22,29H,5,7,10,12-13,28H2,1-3H3;3-6,9,14,27H,7-8,10-12,26H2,1-2H3;3-4,7-8,10,20,27H,5-6,9,11-12,26H2,1-2H3/t19-,20?,21?;15-,22?,26+;;/m11../s1. The second kappa shape index (κ2) is 33.3. The van der Waals surface area contributed by atoms with Gasteiger partial charge in [0.15, 0.2) is 0 Å². The number of nitrogens with one attached hydrogen (secondary N) is 4. The highest BCUT2D eigenvalue weighted by atomic mass is 19.1. The van der Waals surface area contributed by atoms with Gasteiger partial charge in [-0.2, -0.15) is 39.9 Å². The minimum atomic E-state index is -0.279. The molecule has 133 heavy (non-hydrogen) atoms. The molecule has 6 unspecified atom stereocenters. The topological polar surface area (TPSA) is 357 Å². The quantitative estimate of drug-likeness (QED) is 0.0393. The molecule has 8 aromatic heterocycles. The van der Waals surface area contributed by atoms with Crippen molar-refractivity contribution in [2.45, 2.75) is 131 Å². The minimum Gasteiger partial charge on any atom is -0.423 e. The van der Waals surface area contributed by atoms with Crippen molar-refractivity contribution < 1.29 is 36.5 Å². The van der Waals surface area contributed by atoms with Crippen LogP contribution in [0.1, 0.15) is 127 Å². The largest absolute Gasteiger partial charge is 0.423 e. The van der Waals surface area contributed by atoms with Crippen LogP contribution in [0.3, 0.4) is 0 Å². The SMILES string of the molecule is CNc1cc(F)cc2c1Cc1nc(Oc3ccc(C)nc3)nc(N3CC4(CCC4N)C3)c1-2.CNc1cc(F)cc2c1Cc1nc(Oc3ccc(C)nc3)nc(N3CC4CC4(CN)C3)c1-2.CNc1cc(F)cc2c1Cc1nc(Oc3ccc(C)nc3)nc(N3CC4[C@@H](C3)C(N)CC4(C)C)c1-2.CNc1cc(F)cc2c1Cc1nc(Oc3ccc(C)nc3)nc(N3C[C@H]4CCC(N)[C@@]4(C)C3)c1-2. The molecule has 12 heterocycles. The van der Waals surface area contributed by atoms with Gasteiger partial charge in [0, 0.05) is 208 Å². The van der Waals surface area contributed by atoms with E-state index in [9.17, 15) is 17.6 Å². The summed E-state index contributed by atoms with van der Waals surface area (Å²) in [4.78, 5) is 64.8. The monoisotopic (exact) mass is 1800 g/mol. The maximum Gasteiger partial charge on any atom is 0.324 e. The fraction of sp³-hybridized carbons (Fsp3) is 0.406. The molecule has 12 aliphatic rings. The van der Waals surface area contributed by atoms with Crippen LogP contribution in [-0.4, -0.2) is 165 Å². The molecule has 8 fully saturated rings. The van der Waals surface area contributed by atoms with E-state index >= 15 is 0 Å². The summed E-state index contributed by atoms with van der Waals surface area (Å²) in [6.45, 7) is 22.2. The maximum absolute atomic E-state index is 14.6. The first-order valence-corrected chi connectivity index (χ1v) is 46.1. The Hall–Kier alpha value is -13.0. The Kier molecular flexibility index (Phi) is 21.7. The van der Waals surface area contributed by atoms with Crippen molar-refractivity contribution in [3.8, 4) is 91.5 Å². The molecule has 686 valence electrons. The summed E-state index contributed by atoms with van der Waals surface area (Å²) in [7, 11) is 7.24. The molecule has 0 bridgehead atoms. The van der Waals surface area contributed by atoms with Crippen LogP contribution in [0.4, 0.5) is 63.6 Å². The van der Waals surface area contributed by atoms with Gasteiger partial charge >= 0.3 is 24.0 Å². The zero-order valence-electron chi connectivity index (χ0n) is 76.6. The van der Waals surface area contributed by atoms with E-state index in [1.807, 2.05) is 97.4 Å². The summed E-state index contributed by atoms with van der Waals surface area (Å²) in [6, 6.07) is 29.2. The Morgan fingerprint density at radius 2 is 0.759 bits per heavy atom. The van der Waals surface area contributed by atoms with Crippen LogP contribution in [0.15, 0.2) is 122 Å². The molecule has 12 aromatic rings. The maximum atomic E-state index is 14.6. The van der Waals surface area contributed by atoms with Gasteiger partial charge in [0.25, 0.3) is 0 Å². The third kappa shape index (κ3) is 15.6. The highest BCUT2D eigenvalue weighted by Crippen LogP contribution is 2.61. The van der Waals surface area contributed by atoms with Crippen LogP contribution in [0, 0.1) is 96.3 Å². The molecular weight excluding hydrogens is 1690 g/mol. The number of benzene rings is 4. The van der Waals surface area contributed by atoms with Crippen LogP contribution in [0.2, 0.25) is 0 Å². The first kappa shape index (κ1) is 86.7. The second-order valence-corrected chi connectivity index (χ2v) is 39.2. The summed E-state index contributed by atoms with van der Waals surface area (Å²) in [5.41, 5.74) is 47.4. The van der Waals surface area contributed by atoms with Gasteiger partial charge in [-0.05, 0) is 243 Å². The predicted octanol–water partition coefficient (Wildman–Crippen LogP) is 16.0.